The van der Waals surface area contributed by atoms with Crippen LogP contribution >= 0.6 is 0 Å². The highest BCUT2D eigenvalue weighted by molar-refractivity contribution is 5.90. The lowest BCUT2D eigenvalue weighted by atomic mass is 10.2. The summed E-state index contributed by atoms with van der Waals surface area (Å²) in [4.78, 5) is 11.4. The van der Waals surface area contributed by atoms with Crippen LogP contribution in [0.3, 0.4) is 0 Å². The number of halogens is 1. The van der Waals surface area contributed by atoms with Gasteiger partial charge in [-0.1, -0.05) is 0 Å². The molecule has 2 rings (SSSR count). The van der Waals surface area contributed by atoms with Crippen molar-refractivity contribution in [2.45, 2.75) is 6.10 Å². The van der Waals surface area contributed by atoms with Crippen LogP contribution in [0.1, 0.15) is 10.4 Å². The van der Waals surface area contributed by atoms with Crippen LogP contribution in [0.2, 0.25) is 0 Å². The third-order valence-electron chi connectivity index (χ3n) is 2.09. The summed E-state index contributed by atoms with van der Waals surface area (Å²) in [5.74, 6) is -1.33. The van der Waals surface area contributed by atoms with E-state index < -0.39 is 11.8 Å². The second-order valence-electron chi connectivity index (χ2n) is 3.30. The van der Waals surface area contributed by atoms with Crippen LogP contribution < -0.4 is 5.73 Å². The number of anilines is 1. The van der Waals surface area contributed by atoms with Gasteiger partial charge < -0.3 is 15.2 Å². The van der Waals surface area contributed by atoms with Gasteiger partial charge >= 0.3 is 5.97 Å². The molecule has 1 saturated heterocycles. The number of rotatable bonds is 2. The molecule has 0 atom stereocenters. The highest BCUT2D eigenvalue weighted by Gasteiger charge is 2.24. The maximum Gasteiger partial charge on any atom is 0.341 e. The number of nitrogens with two attached hydrogens (primary N) is 1. The fraction of sp³-hybridized carbons (Fsp3) is 0.300. The average molecular weight is 211 g/mol. The van der Waals surface area contributed by atoms with Gasteiger partial charge in [-0.05, 0) is 18.2 Å². The van der Waals surface area contributed by atoms with Crippen molar-refractivity contribution in [3.8, 4) is 0 Å². The van der Waals surface area contributed by atoms with Gasteiger partial charge in [0.25, 0.3) is 0 Å². The van der Waals surface area contributed by atoms with Crippen molar-refractivity contribution in [2.75, 3.05) is 18.9 Å². The first-order chi connectivity index (χ1) is 7.16. The highest BCUT2D eigenvalue weighted by atomic mass is 19.1. The zero-order valence-corrected chi connectivity index (χ0v) is 7.90. The van der Waals surface area contributed by atoms with Gasteiger partial charge in [0.05, 0.1) is 18.8 Å². The van der Waals surface area contributed by atoms with Crippen molar-refractivity contribution in [1.82, 2.24) is 0 Å². The number of ether oxygens (including phenoxy) is 2. The van der Waals surface area contributed by atoms with Gasteiger partial charge in [-0.25, -0.2) is 9.18 Å². The number of esters is 1. The molecule has 15 heavy (non-hydrogen) atoms. The molecule has 1 heterocycles. The first-order valence-electron chi connectivity index (χ1n) is 4.50. The van der Waals surface area contributed by atoms with Gasteiger partial charge in [-0.3, -0.25) is 0 Å². The molecule has 0 amide bonds. The van der Waals surface area contributed by atoms with Gasteiger partial charge in [-0.2, -0.15) is 0 Å². The van der Waals surface area contributed by atoms with E-state index in [1.807, 2.05) is 0 Å². The summed E-state index contributed by atoms with van der Waals surface area (Å²) in [6, 6.07) is 3.79. The Morgan fingerprint density at radius 3 is 2.87 bits per heavy atom. The molecule has 0 bridgehead atoms. The molecule has 0 unspecified atom stereocenters. The summed E-state index contributed by atoms with van der Waals surface area (Å²) in [7, 11) is 0. The molecular formula is C10H10FNO3. The van der Waals surface area contributed by atoms with Gasteiger partial charge in [0, 0.05) is 5.69 Å². The van der Waals surface area contributed by atoms with E-state index in [1.165, 1.54) is 12.1 Å². The Morgan fingerprint density at radius 2 is 2.27 bits per heavy atom. The van der Waals surface area contributed by atoms with E-state index in [9.17, 15) is 9.18 Å². The molecule has 0 spiro atoms. The Hall–Kier alpha value is -1.62. The summed E-state index contributed by atoms with van der Waals surface area (Å²) in [5, 5.41) is 0. The van der Waals surface area contributed by atoms with Crippen LogP contribution in [-0.4, -0.2) is 25.3 Å². The van der Waals surface area contributed by atoms with Crippen molar-refractivity contribution in [2.24, 2.45) is 0 Å². The van der Waals surface area contributed by atoms with E-state index in [0.29, 0.717) is 18.9 Å². The maximum atomic E-state index is 13.2. The molecule has 4 nitrogen and oxygen atoms in total. The van der Waals surface area contributed by atoms with E-state index in [2.05, 4.69) is 0 Å². The molecule has 0 saturated carbocycles. The minimum absolute atomic E-state index is 0.137. The van der Waals surface area contributed by atoms with Crippen LogP contribution in [0, 0.1) is 5.82 Å². The molecule has 80 valence electrons. The number of nitrogen functional groups attached to an aromatic ring is 1. The smallest absolute Gasteiger partial charge is 0.341 e. The summed E-state index contributed by atoms with van der Waals surface area (Å²) in [5.41, 5.74) is 5.63. The number of carbonyl (C=O) groups is 1. The van der Waals surface area contributed by atoms with E-state index in [0.717, 1.165) is 6.07 Å². The number of carbonyl (C=O) groups excluding carboxylic acids is 1. The standard InChI is InChI=1S/C10H10FNO3/c11-9-2-1-6(12)3-8(9)10(13)15-7-4-14-5-7/h1-3,7H,4-5,12H2. The van der Waals surface area contributed by atoms with Crippen molar-refractivity contribution in [3.63, 3.8) is 0 Å². The summed E-state index contributed by atoms with van der Waals surface area (Å²) in [6.07, 6.45) is -0.265. The molecule has 0 aromatic heterocycles. The zero-order valence-electron chi connectivity index (χ0n) is 7.90. The number of benzene rings is 1. The van der Waals surface area contributed by atoms with Crippen molar-refractivity contribution < 1.29 is 18.7 Å². The van der Waals surface area contributed by atoms with Crippen molar-refractivity contribution in [1.29, 1.82) is 0 Å². The predicted octanol–water partition coefficient (Wildman–Crippen LogP) is 0.964. The molecule has 0 aliphatic carbocycles. The first-order valence-corrected chi connectivity index (χ1v) is 4.50. The SMILES string of the molecule is Nc1ccc(F)c(C(=O)OC2COC2)c1. The van der Waals surface area contributed by atoms with Crippen LogP contribution in [0.4, 0.5) is 10.1 Å². The Morgan fingerprint density at radius 1 is 1.53 bits per heavy atom. The minimum atomic E-state index is -0.701. The van der Waals surface area contributed by atoms with Crippen molar-refractivity contribution >= 4 is 11.7 Å². The fourth-order valence-electron chi connectivity index (χ4n) is 1.20. The molecule has 5 heteroatoms. The van der Waals surface area contributed by atoms with Gasteiger partial charge in [0.15, 0.2) is 0 Å². The molecule has 0 radical (unpaired) electrons. The molecule has 1 aliphatic rings. The van der Waals surface area contributed by atoms with Crippen LogP contribution in [-0.2, 0) is 9.47 Å². The molecule has 1 aromatic carbocycles. The first kappa shape index (κ1) is 9.92. The second-order valence-corrected chi connectivity index (χ2v) is 3.30. The predicted molar refractivity (Wildman–Crippen MR) is 50.8 cm³/mol. The zero-order chi connectivity index (χ0) is 10.8. The van der Waals surface area contributed by atoms with E-state index in [4.69, 9.17) is 15.2 Å². The Balaban J connectivity index is 2.12. The number of hydrogen-bond donors (Lipinski definition) is 1. The van der Waals surface area contributed by atoms with E-state index in [-0.39, 0.29) is 11.7 Å². The minimum Gasteiger partial charge on any atom is -0.454 e. The van der Waals surface area contributed by atoms with Crippen LogP contribution in [0.5, 0.6) is 0 Å². The van der Waals surface area contributed by atoms with E-state index >= 15 is 0 Å². The van der Waals surface area contributed by atoms with Gasteiger partial charge in [-0.15, -0.1) is 0 Å². The third-order valence-corrected chi connectivity index (χ3v) is 2.09. The van der Waals surface area contributed by atoms with Crippen molar-refractivity contribution in [3.05, 3.63) is 29.6 Å². The molecule has 1 fully saturated rings. The summed E-state index contributed by atoms with van der Waals surface area (Å²) in [6.45, 7) is 0.741. The number of hydrogen-bond acceptors (Lipinski definition) is 4. The largest absolute Gasteiger partial charge is 0.454 e. The molecule has 1 aliphatic heterocycles. The van der Waals surface area contributed by atoms with Crippen LogP contribution in [0.25, 0.3) is 0 Å². The lowest BCUT2D eigenvalue weighted by molar-refractivity contribution is -0.103. The quantitative estimate of drug-likeness (QED) is 0.584. The summed E-state index contributed by atoms with van der Waals surface area (Å²) >= 11 is 0. The van der Waals surface area contributed by atoms with Crippen LogP contribution in [0.15, 0.2) is 18.2 Å². The maximum absolute atomic E-state index is 13.2. The molecule has 1 aromatic rings. The Bertz CT molecular complexity index is 390. The Kier molecular flexibility index (Phi) is 2.55. The third kappa shape index (κ3) is 2.07. The average Bonchev–Trinajstić information content (AvgIpc) is 2.15. The monoisotopic (exact) mass is 211 g/mol. The normalized spacial score (nSPS) is 15.8. The second kappa shape index (κ2) is 3.86. The van der Waals surface area contributed by atoms with Gasteiger partial charge in [0.1, 0.15) is 11.9 Å². The highest BCUT2D eigenvalue weighted by Crippen LogP contribution is 2.15. The summed E-state index contributed by atoms with van der Waals surface area (Å²) < 4.78 is 23.0. The topological polar surface area (TPSA) is 61.6 Å². The Labute approximate surface area is 85.8 Å². The molecular weight excluding hydrogens is 201 g/mol. The fourth-order valence-corrected chi connectivity index (χ4v) is 1.20. The lowest BCUT2D eigenvalue weighted by Crippen LogP contribution is -2.38. The van der Waals surface area contributed by atoms with E-state index in [1.54, 1.807) is 0 Å². The molecule has 2 N–H and O–H groups in total. The lowest BCUT2D eigenvalue weighted by Gasteiger charge is -2.25. The van der Waals surface area contributed by atoms with Gasteiger partial charge in [0.2, 0.25) is 0 Å².